The van der Waals surface area contributed by atoms with E-state index in [2.05, 4.69) is 10.3 Å². The zero-order valence-corrected chi connectivity index (χ0v) is 10.3. The third kappa shape index (κ3) is 2.66. The summed E-state index contributed by atoms with van der Waals surface area (Å²) in [4.78, 5) is 25.3. The first-order valence-corrected chi connectivity index (χ1v) is 5.63. The van der Waals surface area contributed by atoms with Gasteiger partial charge >= 0.3 is 0 Å². The molecule has 1 aromatic carbocycles. The Kier molecular flexibility index (Phi) is 3.28. The van der Waals surface area contributed by atoms with E-state index in [1.807, 2.05) is 32.0 Å². The zero-order valence-electron chi connectivity index (χ0n) is 10.3. The van der Waals surface area contributed by atoms with Crippen molar-refractivity contribution in [1.29, 1.82) is 0 Å². The van der Waals surface area contributed by atoms with Gasteiger partial charge in [-0.1, -0.05) is 6.07 Å². The van der Waals surface area contributed by atoms with Crippen LogP contribution in [0.1, 0.15) is 21.5 Å². The first-order chi connectivity index (χ1) is 8.56. The summed E-state index contributed by atoms with van der Waals surface area (Å²) in [6, 6.07) is 8.55. The first-order valence-electron chi connectivity index (χ1n) is 5.63. The molecule has 0 bridgehead atoms. The number of nitrogens with one attached hydrogen (secondary N) is 2. The first kappa shape index (κ1) is 12.1. The highest BCUT2D eigenvalue weighted by Gasteiger charge is 2.06. The van der Waals surface area contributed by atoms with E-state index in [-0.39, 0.29) is 11.5 Å². The van der Waals surface area contributed by atoms with Crippen molar-refractivity contribution in [1.82, 2.24) is 4.98 Å². The molecule has 2 N–H and O–H groups in total. The number of aryl methyl sites for hydroxylation is 2. The third-order valence-electron chi connectivity index (χ3n) is 2.81. The van der Waals surface area contributed by atoms with Gasteiger partial charge in [0.2, 0.25) is 5.56 Å². The molecule has 0 atom stereocenters. The van der Waals surface area contributed by atoms with Crippen LogP contribution in [0.2, 0.25) is 0 Å². The number of anilines is 1. The van der Waals surface area contributed by atoms with E-state index in [0.29, 0.717) is 5.56 Å². The molecule has 2 aromatic rings. The van der Waals surface area contributed by atoms with Crippen LogP contribution in [-0.4, -0.2) is 10.9 Å². The Hall–Kier alpha value is -2.36. The molecule has 92 valence electrons. The fraction of sp³-hybridized carbons (Fsp3) is 0.143. The average molecular weight is 242 g/mol. The van der Waals surface area contributed by atoms with Gasteiger partial charge in [0.25, 0.3) is 5.91 Å². The van der Waals surface area contributed by atoms with Crippen molar-refractivity contribution in [2.75, 3.05) is 5.32 Å². The minimum absolute atomic E-state index is 0.224. The minimum atomic E-state index is -0.241. The quantitative estimate of drug-likeness (QED) is 0.848. The SMILES string of the molecule is Cc1ccc(NC(=O)c2ccc(=O)[nH]c2)cc1C. The van der Waals surface area contributed by atoms with Crippen molar-refractivity contribution in [2.24, 2.45) is 0 Å². The van der Waals surface area contributed by atoms with Gasteiger partial charge in [0.05, 0.1) is 5.56 Å². The fourth-order valence-corrected chi connectivity index (χ4v) is 1.57. The number of aromatic amines is 1. The van der Waals surface area contributed by atoms with Crippen LogP contribution in [0, 0.1) is 13.8 Å². The van der Waals surface area contributed by atoms with Crippen LogP contribution in [0.15, 0.2) is 41.3 Å². The van der Waals surface area contributed by atoms with Gasteiger partial charge in [-0.05, 0) is 43.2 Å². The molecule has 0 aliphatic heterocycles. The van der Waals surface area contributed by atoms with Crippen LogP contribution < -0.4 is 10.9 Å². The second-order valence-corrected chi connectivity index (χ2v) is 4.19. The molecule has 1 aromatic heterocycles. The molecule has 0 radical (unpaired) electrons. The van der Waals surface area contributed by atoms with Crippen molar-refractivity contribution in [3.05, 3.63) is 63.6 Å². The molecule has 0 fully saturated rings. The molecule has 1 heterocycles. The minimum Gasteiger partial charge on any atom is -0.328 e. The number of H-pyrrole nitrogens is 1. The maximum absolute atomic E-state index is 11.9. The Balaban J connectivity index is 2.18. The van der Waals surface area contributed by atoms with Gasteiger partial charge in [-0.2, -0.15) is 0 Å². The Labute approximate surface area is 105 Å². The number of aromatic nitrogens is 1. The standard InChI is InChI=1S/C14H14N2O2/c1-9-3-5-12(7-10(9)2)16-14(18)11-4-6-13(17)15-8-11/h3-8H,1-2H3,(H,15,17)(H,16,18). The number of carbonyl (C=O) groups is 1. The lowest BCUT2D eigenvalue weighted by Gasteiger charge is -2.07. The van der Waals surface area contributed by atoms with Gasteiger partial charge in [0.1, 0.15) is 0 Å². The number of amides is 1. The molecule has 0 saturated heterocycles. The highest BCUT2D eigenvalue weighted by atomic mass is 16.1. The van der Waals surface area contributed by atoms with Crippen LogP contribution in [-0.2, 0) is 0 Å². The van der Waals surface area contributed by atoms with E-state index >= 15 is 0 Å². The normalized spacial score (nSPS) is 10.1. The number of rotatable bonds is 2. The van der Waals surface area contributed by atoms with Crippen molar-refractivity contribution < 1.29 is 4.79 Å². The molecule has 0 unspecified atom stereocenters. The lowest BCUT2D eigenvalue weighted by Crippen LogP contribution is -2.14. The number of hydrogen-bond donors (Lipinski definition) is 2. The predicted octanol–water partition coefficient (Wildman–Crippen LogP) is 2.24. The third-order valence-corrected chi connectivity index (χ3v) is 2.81. The second-order valence-electron chi connectivity index (χ2n) is 4.19. The van der Waals surface area contributed by atoms with Gasteiger partial charge < -0.3 is 10.3 Å². The van der Waals surface area contributed by atoms with E-state index in [1.165, 1.54) is 23.9 Å². The van der Waals surface area contributed by atoms with Crippen molar-refractivity contribution in [3.8, 4) is 0 Å². The zero-order chi connectivity index (χ0) is 13.1. The molecule has 0 aliphatic rings. The van der Waals surface area contributed by atoms with Crippen molar-refractivity contribution in [2.45, 2.75) is 13.8 Å². The van der Waals surface area contributed by atoms with Crippen LogP contribution >= 0.6 is 0 Å². The van der Waals surface area contributed by atoms with Gasteiger partial charge in [-0.25, -0.2) is 0 Å². The highest BCUT2D eigenvalue weighted by molar-refractivity contribution is 6.04. The topological polar surface area (TPSA) is 62.0 Å². The summed E-state index contributed by atoms with van der Waals surface area (Å²) >= 11 is 0. The van der Waals surface area contributed by atoms with Gasteiger partial charge in [0.15, 0.2) is 0 Å². The number of benzene rings is 1. The molecule has 1 amide bonds. The molecule has 4 nitrogen and oxygen atoms in total. The lowest BCUT2D eigenvalue weighted by molar-refractivity contribution is 0.102. The van der Waals surface area contributed by atoms with E-state index in [1.54, 1.807) is 0 Å². The number of hydrogen-bond acceptors (Lipinski definition) is 2. The van der Waals surface area contributed by atoms with Crippen LogP contribution in [0.4, 0.5) is 5.69 Å². The molecule has 0 saturated carbocycles. The summed E-state index contributed by atoms with van der Waals surface area (Å²) in [7, 11) is 0. The molecule has 2 rings (SSSR count). The van der Waals surface area contributed by atoms with Gasteiger partial charge in [-0.3, -0.25) is 9.59 Å². The van der Waals surface area contributed by atoms with E-state index < -0.39 is 0 Å². The van der Waals surface area contributed by atoms with Crippen LogP contribution in [0.5, 0.6) is 0 Å². The summed E-state index contributed by atoms with van der Waals surface area (Å²) in [6.07, 6.45) is 1.40. The average Bonchev–Trinajstić information content (AvgIpc) is 2.34. The van der Waals surface area contributed by atoms with Gasteiger partial charge in [-0.15, -0.1) is 0 Å². The van der Waals surface area contributed by atoms with E-state index in [9.17, 15) is 9.59 Å². The summed E-state index contributed by atoms with van der Waals surface area (Å²) in [6.45, 7) is 4.01. The Morgan fingerprint density at radius 2 is 1.89 bits per heavy atom. The number of carbonyl (C=O) groups excluding carboxylic acids is 1. The van der Waals surface area contributed by atoms with E-state index in [4.69, 9.17) is 0 Å². The highest BCUT2D eigenvalue weighted by Crippen LogP contribution is 2.14. The Bertz CT molecular complexity index is 624. The Morgan fingerprint density at radius 1 is 1.11 bits per heavy atom. The molecule has 0 spiro atoms. The van der Waals surface area contributed by atoms with Crippen LogP contribution in [0.3, 0.4) is 0 Å². The number of pyridine rings is 1. The lowest BCUT2D eigenvalue weighted by atomic mass is 10.1. The summed E-state index contributed by atoms with van der Waals surface area (Å²) < 4.78 is 0. The summed E-state index contributed by atoms with van der Waals surface area (Å²) in [5.74, 6) is -0.241. The molecule has 4 heteroatoms. The largest absolute Gasteiger partial charge is 0.328 e. The van der Waals surface area contributed by atoms with Gasteiger partial charge in [0, 0.05) is 18.0 Å². The molecule has 18 heavy (non-hydrogen) atoms. The van der Waals surface area contributed by atoms with Crippen molar-refractivity contribution in [3.63, 3.8) is 0 Å². The second kappa shape index (κ2) is 4.87. The van der Waals surface area contributed by atoms with E-state index in [0.717, 1.165) is 11.3 Å². The maximum Gasteiger partial charge on any atom is 0.257 e. The molecular formula is C14H14N2O2. The van der Waals surface area contributed by atoms with Crippen molar-refractivity contribution >= 4 is 11.6 Å². The maximum atomic E-state index is 11.9. The predicted molar refractivity (Wildman–Crippen MR) is 70.9 cm³/mol. The van der Waals surface area contributed by atoms with Crippen LogP contribution in [0.25, 0.3) is 0 Å². The summed E-state index contributed by atoms with van der Waals surface area (Å²) in [5, 5.41) is 2.78. The smallest absolute Gasteiger partial charge is 0.257 e. The molecular weight excluding hydrogens is 228 g/mol. The molecule has 0 aliphatic carbocycles. The fourth-order valence-electron chi connectivity index (χ4n) is 1.57. The monoisotopic (exact) mass is 242 g/mol. The Morgan fingerprint density at radius 3 is 2.50 bits per heavy atom. The summed E-state index contributed by atoms with van der Waals surface area (Å²) in [5.41, 5.74) is 3.24.